The quantitative estimate of drug-likeness (QED) is 0.616. The highest BCUT2D eigenvalue weighted by atomic mass is 32.1. The lowest BCUT2D eigenvalue weighted by Gasteiger charge is -2.24. The van der Waals surface area contributed by atoms with Gasteiger partial charge in [-0.1, -0.05) is 31.0 Å². The highest BCUT2D eigenvalue weighted by molar-refractivity contribution is 7.09. The summed E-state index contributed by atoms with van der Waals surface area (Å²) in [7, 11) is 0. The third-order valence-electron chi connectivity index (χ3n) is 5.95. The first-order chi connectivity index (χ1) is 15.2. The summed E-state index contributed by atoms with van der Waals surface area (Å²) in [6, 6.07) is 11.6. The number of benzene rings is 1. The lowest BCUT2D eigenvalue weighted by molar-refractivity contribution is -0.117. The molecule has 4 rings (SSSR count). The molecule has 0 bridgehead atoms. The minimum atomic E-state index is -0.115. The molecule has 2 aliphatic rings. The van der Waals surface area contributed by atoms with E-state index >= 15 is 0 Å². The molecule has 0 spiro atoms. The van der Waals surface area contributed by atoms with Gasteiger partial charge in [0.2, 0.25) is 5.91 Å². The minimum absolute atomic E-state index is 0.113. The van der Waals surface area contributed by atoms with E-state index in [0.717, 1.165) is 58.2 Å². The summed E-state index contributed by atoms with van der Waals surface area (Å²) in [4.78, 5) is 29.1. The molecule has 1 aliphatic heterocycles. The number of nitrogens with zero attached hydrogens (tertiary/aromatic N) is 1. The summed E-state index contributed by atoms with van der Waals surface area (Å²) >= 11 is 1.69. The van der Waals surface area contributed by atoms with E-state index in [4.69, 9.17) is 4.74 Å². The van der Waals surface area contributed by atoms with E-state index in [9.17, 15) is 9.59 Å². The lowest BCUT2D eigenvalue weighted by atomic mass is 10.1. The summed E-state index contributed by atoms with van der Waals surface area (Å²) in [5, 5.41) is 8.14. The number of hydrogen-bond donors (Lipinski definition) is 2. The molecule has 1 saturated carbocycles. The maximum atomic E-state index is 12.9. The minimum Gasteiger partial charge on any atom is -0.377 e. The molecule has 0 radical (unpaired) electrons. The van der Waals surface area contributed by atoms with Gasteiger partial charge in [0.15, 0.2) is 0 Å². The first-order valence-corrected chi connectivity index (χ1v) is 12.1. The van der Waals surface area contributed by atoms with Crippen LogP contribution in [0.3, 0.4) is 0 Å². The predicted molar refractivity (Wildman–Crippen MR) is 123 cm³/mol. The Balaban J connectivity index is 1.39. The Kier molecular flexibility index (Phi) is 7.72. The fourth-order valence-electron chi connectivity index (χ4n) is 4.40. The molecule has 1 atom stereocenters. The van der Waals surface area contributed by atoms with Crippen LogP contribution in [0.25, 0.3) is 0 Å². The Labute approximate surface area is 188 Å². The lowest BCUT2D eigenvalue weighted by Crippen LogP contribution is -2.38. The van der Waals surface area contributed by atoms with Crippen LogP contribution in [-0.2, 0) is 16.1 Å². The molecular formula is C24H31N3O3S. The average molecular weight is 442 g/mol. The van der Waals surface area contributed by atoms with Crippen molar-refractivity contribution >= 4 is 28.8 Å². The summed E-state index contributed by atoms with van der Waals surface area (Å²) in [6.07, 6.45) is 6.67. The molecule has 1 aromatic heterocycles. The van der Waals surface area contributed by atoms with E-state index in [0.29, 0.717) is 11.3 Å². The van der Waals surface area contributed by atoms with Crippen LogP contribution in [0.1, 0.15) is 53.8 Å². The topological polar surface area (TPSA) is 70.7 Å². The first-order valence-electron chi connectivity index (χ1n) is 11.2. The number of hydrogen-bond acceptors (Lipinski definition) is 5. The van der Waals surface area contributed by atoms with E-state index in [2.05, 4.69) is 27.0 Å². The number of para-hydroxylation sites is 1. The van der Waals surface area contributed by atoms with Crippen molar-refractivity contribution in [3.05, 3.63) is 52.2 Å². The molecule has 2 heterocycles. The van der Waals surface area contributed by atoms with Crippen LogP contribution in [-0.4, -0.2) is 48.6 Å². The highest BCUT2D eigenvalue weighted by Gasteiger charge is 2.23. The van der Waals surface area contributed by atoms with E-state index in [1.165, 1.54) is 4.88 Å². The molecule has 2 amide bonds. The molecule has 0 unspecified atom stereocenters. The third-order valence-corrected chi connectivity index (χ3v) is 6.81. The molecule has 166 valence electrons. The van der Waals surface area contributed by atoms with Gasteiger partial charge < -0.3 is 15.4 Å². The third kappa shape index (κ3) is 6.38. The smallest absolute Gasteiger partial charge is 0.253 e. The van der Waals surface area contributed by atoms with Crippen LogP contribution in [0.5, 0.6) is 0 Å². The second-order valence-corrected chi connectivity index (χ2v) is 9.46. The van der Waals surface area contributed by atoms with Gasteiger partial charge in [-0.3, -0.25) is 14.5 Å². The van der Waals surface area contributed by atoms with Crippen molar-refractivity contribution in [3.63, 3.8) is 0 Å². The fraction of sp³-hybridized carbons (Fsp3) is 0.500. The van der Waals surface area contributed by atoms with E-state index in [1.807, 2.05) is 18.2 Å². The van der Waals surface area contributed by atoms with Gasteiger partial charge in [0.25, 0.3) is 5.91 Å². The summed E-state index contributed by atoms with van der Waals surface area (Å²) in [5.41, 5.74) is 1.09. The van der Waals surface area contributed by atoms with Gasteiger partial charge in [0.1, 0.15) is 0 Å². The largest absolute Gasteiger partial charge is 0.377 e. The number of nitrogens with one attached hydrogen (secondary N) is 2. The Morgan fingerprint density at radius 2 is 1.90 bits per heavy atom. The SMILES string of the molecule is O=C(CN(Cc1cccs1)C[C@@H]1CCCO1)Nc1ccccc1C(=O)NC1CCCC1. The molecule has 1 saturated heterocycles. The van der Waals surface area contributed by atoms with Crippen LogP contribution in [0.15, 0.2) is 41.8 Å². The van der Waals surface area contributed by atoms with Gasteiger partial charge in [-0.15, -0.1) is 11.3 Å². The molecule has 2 fully saturated rings. The zero-order chi connectivity index (χ0) is 21.5. The molecule has 31 heavy (non-hydrogen) atoms. The van der Waals surface area contributed by atoms with Gasteiger partial charge in [-0.25, -0.2) is 0 Å². The maximum absolute atomic E-state index is 12.9. The van der Waals surface area contributed by atoms with Crippen molar-refractivity contribution in [3.8, 4) is 0 Å². The van der Waals surface area contributed by atoms with Crippen LogP contribution in [0.4, 0.5) is 5.69 Å². The summed E-state index contributed by atoms with van der Waals surface area (Å²) < 4.78 is 5.79. The van der Waals surface area contributed by atoms with Crippen LogP contribution >= 0.6 is 11.3 Å². The number of carbonyl (C=O) groups excluding carboxylic acids is 2. The van der Waals surface area contributed by atoms with Gasteiger partial charge in [-0.05, 0) is 49.3 Å². The molecular weight excluding hydrogens is 410 g/mol. The number of carbonyl (C=O) groups is 2. The molecule has 7 heteroatoms. The van der Waals surface area contributed by atoms with Crippen LogP contribution < -0.4 is 10.6 Å². The number of ether oxygens (including phenoxy) is 1. The van der Waals surface area contributed by atoms with Gasteiger partial charge in [0.05, 0.1) is 23.9 Å². The van der Waals surface area contributed by atoms with Crippen LogP contribution in [0.2, 0.25) is 0 Å². The standard InChI is InChI=1S/C24H31N3O3S/c28-23(17-27(15-19-9-5-13-30-19)16-20-10-6-14-31-20)26-22-12-4-3-11-21(22)24(29)25-18-7-1-2-8-18/h3-4,6,10-12,14,18-19H,1-2,5,7-9,13,15-17H2,(H,25,29)(H,26,28)/t19-/m0/s1. The van der Waals surface area contributed by atoms with E-state index in [-0.39, 0.29) is 30.5 Å². The molecule has 2 N–H and O–H groups in total. The normalized spacial score (nSPS) is 19.1. The number of thiophene rings is 1. The van der Waals surface area contributed by atoms with E-state index in [1.54, 1.807) is 23.5 Å². The molecule has 6 nitrogen and oxygen atoms in total. The second kappa shape index (κ2) is 10.9. The van der Waals surface area contributed by atoms with Gasteiger partial charge in [-0.2, -0.15) is 0 Å². The van der Waals surface area contributed by atoms with Gasteiger partial charge in [0, 0.05) is 30.6 Å². The summed E-state index contributed by atoms with van der Waals surface area (Å²) in [6.45, 7) is 2.51. The van der Waals surface area contributed by atoms with Crippen molar-refractivity contribution in [2.45, 2.75) is 57.2 Å². The van der Waals surface area contributed by atoms with Crippen molar-refractivity contribution in [1.82, 2.24) is 10.2 Å². The number of amides is 2. The molecule has 1 aliphatic carbocycles. The van der Waals surface area contributed by atoms with Crippen molar-refractivity contribution in [1.29, 1.82) is 0 Å². The van der Waals surface area contributed by atoms with Gasteiger partial charge >= 0.3 is 0 Å². The monoisotopic (exact) mass is 441 g/mol. The predicted octanol–water partition coefficient (Wildman–Crippen LogP) is 4.04. The molecule has 1 aromatic carbocycles. The highest BCUT2D eigenvalue weighted by Crippen LogP contribution is 2.21. The Bertz CT molecular complexity index is 859. The Morgan fingerprint density at radius 1 is 1.06 bits per heavy atom. The average Bonchev–Trinajstić information content (AvgIpc) is 3.52. The zero-order valence-corrected chi connectivity index (χ0v) is 18.7. The van der Waals surface area contributed by atoms with E-state index < -0.39 is 0 Å². The van der Waals surface area contributed by atoms with Crippen molar-refractivity contribution in [2.24, 2.45) is 0 Å². The Morgan fingerprint density at radius 3 is 2.65 bits per heavy atom. The zero-order valence-electron chi connectivity index (χ0n) is 17.8. The first kappa shape index (κ1) is 22.0. The maximum Gasteiger partial charge on any atom is 0.253 e. The molecule has 2 aromatic rings. The number of anilines is 1. The van der Waals surface area contributed by atoms with Crippen molar-refractivity contribution in [2.75, 3.05) is 25.0 Å². The second-order valence-electron chi connectivity index (χ2n) is 8.43. The van der Waals surface area contributed by atoms with Crippen molar-refractivity contribution < 1.29 is 14.3 Å². The Hall–Kier alpha value is -2.22. The number of rotatable bonds is 9. The fourth-order valence-corrected chi connectivity index (χ4v) is 5.15. The van der Waals surface area contributed by atoms with Crippen LogP contribution in [0, 0.1) is 0 Å². The summed E-state index contributed by atoms with van der Waals surface area (Å²) in [5.74, 6) is -0.228.